The third-order valence-electron chi connectivity index (χ3n) is 3.84. The molecule has 0 radical (unpaired) electrons. The highest BCUT2D eigenvalue weighted by molar-refractivity contribution is 9.10. The molecule has 6 heteroatoms. The van der Waals surface area contributed by atoms with Gasteiger partial charge in [0.1, 0.15) is 10.7 Å². The topological polar surface area (TPSA) is 64.1 Å². The van der Waals surface area contributed by atoms with Crippen LogP contribution in [0.3, 0.4) is 0 Å². The van der Waals surface area contributed by atoms with Crippen LogP contribution in [0.1, 0.15) is 41.6 Å². The molecular weight excluding hydrogens is 358 g/mol. The number of aromatic nitrogens is 2. The molecule has 120 valence electrons. The van der Waals surface area contributed by atoms with E-state index in [0.29, 0.717) is 28.7 Å². The minimum atomic E-state index is -0.170. The van der Waals surface area contributed by atoms with Crippen molar-refractivity contribution in [2.24, 2.45) is 0 Å². The summed E-state index contributed by atoms with van der Waals surface area (Å²) >= 11 is 3.27. The lowest BCUT2D eigenvalue weighted by Crippen LogP contribution is -2.23. The van der Waals surface area contributed by atoms with Crippen molar-refractivity contribution in [1.29, 1.82) is 0 Å². The number of amides is 1. The summed E-state index contributed by atoms with van der Waals surface area (Å²) < 4.78 is 6.37. The fourth-order valence-electron chi connectivity index (χ4n) is 2.60. The summed E-state index contributed by atoms with van der Waals surface area (Å²) in [6.45, 7) is 0.414. The molecule has 0 saturated heterocycles. The molecular formula is C17H18BrN3O2. The Balaban J connectivity index is 1.54. The van der Waals surface area contributed by atoms with Gasteiger partial charge < -0.3 is 10.1 Å². The number of carbonyl (C=O) groups excluding carboxylic acids is 1. The lowest BCUT2D eigenvalue weighted by molar-refractivity contribution is 0.0949. The first kappa shape index (κ1) is 15.9. The molecule has 1 fully saturated rings. The van der Waals surface area contributed by atoms with E-state index >= 15 is 0 Å². The Morgan fingerprint density at radius 2 is 2.09 bits per heavy atom. The van der Waals surface area contributed by atoms with Crippen LogP contribution in [0.4, 0.5) is 0 Å². The van der Waals surface area contributed by atoms with Gasteiger partial charge in [-0.05, 0) is 59.3 Å². The van der Waals surface area contributed by atoms with E-state index in [-0.39, 0.29) is 5.91 Å². The normalized spacial score (nSPS) is 14.7. The average molecular weight is 376 g/mol. The van der Waals surface area contributed by atoms with Crippen LogP contribution in [0.25, 0.3) is 0 Å². The zero-order valence-corrected chi connectivity index (χ0v) is 14.3. The van der Waals surface area contributed by atoms with Crippen LogP contribution >= 0.6 is 15.9 Å². The van der Waals surface area contributed by atoms with Gasteiger partial charge in [-0.2, -0.15) is 0 Å². The van der Waals surface area contributed by atoms with Crippen LogP contribution in [0.5, 0.6) is 5.88 Å². The number of pyridine rings is 2. The van der Waals surface area contributed by atoms with Crippen LogP contribution in [-0.2, 0) is 6.54 Å². The molecule has 1 aliphatic rings. The van der Waals surface area contributed by atoms with E-state index in [1.54, 1.807) is 24.5 Å². The summed E-state index contributed by atoms with van der Waals surface area (Å²) in [5.74, 6) is 0.484. The SMILES string of the molecule is O=C(NCc1ccc(OC2CCCC2)nc1)c1cccnc1Br. The summed E-state index contributed by atoms with van der Waals surface area (Å²) in [6.07, 6.45) is 8.36. The van der Waals surface area contributed by atoms with Gasteiger partial charge in [-0.25, -0.2) is 9.97 Å². The van der Waals surface area contributed by atoms with Gasteiger partial charge in [-0.1, -0.05) is 6.07 Å². The molecule has 2 aromatic heterocycles. The van der Waals surface area contributed by atoms with Crippen molar-refractivity contribution < 1.29 is 9.53 Å². The summed E-state index contributed by atoms with van der Waals surface area (Å²) in [6, 6.07) is 7.25. The number of carbonyl (C=O) groups is 1. The number of hydrogen-bond donors (Lipinski definition) is 1. The van der Waals surface area contributed by atoms with Crippen LogP contribution in [-0.4, -0.2) is 22.0 Å². The van der Waals surface area contributed by atoms with Crippen LogP contribution in [0.15, 0.2) is 41.3 Å². The molecule has 0 aliphatic heterocycles. The first-order valence-corrected chi connectivity index (χ1v) is 8.52. The largest absolute Gasteiger partial charge is 0.474 e. The Kier molecular flexibility index (Phi) is 5.23. The Morgan fingerprint density at radius 1 is 1.26 bits per heavy atom. The number of hydrogen-bond acceptors (Lipinski definition) is 4. The van der Waals surface area contributed by atoms with Gasteiger partial charge in [0.2, 0.25) is 5.88 Å². The van der Waals surface area contributed by atoms with E-state index in [0.717, 1.165) is 18.4 Å². The van der Waals surface area contributed by atoms with Gasteiger partial charge in [0, 0.05) is 25.0 Å². The van der Waals surface area contributed by atoms with Crippen molar-refractivity contribution >= 4 is 21.8 Å². The lowest BCUT2D eigenvalue weighted by atomic mass is 10.2. The maximum absolute atomic E-state index is 12.1. The van der Waals surface area contributed by atoms with E-state index in [1.807, 2.05) is 12.1 Å². The molecule has 5 nitrogen and oxygen atoms in total. The van der Waals surface area contributed by atoms with Crippen molar-refractivity contribution in [2.45, 2.75) is 38.3 Å². The van der Waals surface area contributed by atoms with Gasteiger partial charge in [0.15, 0.2) is 0 Å². The second kappa shape index (κ2) is 7.55. The molecule has 2 aromatic rings. The van der Waals surface area contributed by atoms with Crippen LogP contribution in [0, 0.1) is 0 Å². The fourth-order valence-corrected chi connectivity index (χ4v) is 3.03. The zero-order valence-electron chi connectivity index (χ0n) is 12.7. The molecule has 0 aromatic carbocycles. The number of nitrogens with zero attached hydrogens (tertiary/aromatic N) is 2. The van der Waals surface area contributed by atoms with Gasteiger partial charge in [0.25, 0.3) is 5.91 Å². The molecule has 1 saturated carbocycles. The van der Waals surface area contributed by atoms with E-state index in [2.05, 4.69) is 31.2 Å². The van der Waals surface area contributed by atoms with Crippen molar-refractivity contribution in [3.05, 3.63) is 52.4 Å². The molecule has 0 unspecified atom stereocenters. The van der Waals surface area contributed by atoms with Crippen molar-refractivity contribution in [3.63, 3.8) is 0 Å². The second-order valence-electron chi connectivity index (χ2n) is 5.55. The molecule has 0 spiro atoms. The molecule has 0 atom stereocenters. The quantitative estimate of drug-likeness (QED) is 0.812. The Bertz CT molecular complexity index is 670. The lowest BCUT2D eigenvalue weighted by Gasteiger charge is -2.12. The Morgan fingerprint density at radius 3 is 2.78 bits per heavy atom. The molecule has 2 heterocycles. The highest BCUT2D eigenvalue weighted by Gasteiger charge is 2.16. The average Bonchev–Trinajstić information content (AvgIpc) is 3.07. The smallest absolute Gasteiger partial charge is 0.254 e. The third kappa shape index (κ3) is 4.28. The van der Waals surface area contributed by atoms with Gasteiger partial charge in [-0.3, -0.25) is 4.79 Å². The van der Waals surface area contributed by atoms with Crippen LogP contribution < -0.4 is 10.1 Å². The summed E-state index contributed by atoms with van der Waals surface area (Å²) in [5, 5.41) is 2.86. The summed E-state index contributed by atoms with van der Waals surface area (Å²) in [5.41, 5.74) is 1.44. The van der Waals surface area contributed by atoms with Crippen LogP contribution in [0.2, 0.25) is 0 Å². The molecule has 1 amide bonds. The molecule has 3 rings (SSSR count). The predicted octanol–water partition coefficient (Wildman–Crippen LogP) is 3.49. The second-order valence-corrected chi connectivity index (χ2v) is 6.30. The van der Waals surface area contributed by atoms with Gasteiger partial charge >= 0.3 is 0 Å². The number of halogens is 1. The van der Waals surface area contributed by atoms with Crippen molar-refractivity contribution in [3.8, 4) is 5.88 Å². The highest BCUT2D eigenvalue weighted by atomic mass is 79.9. The monoisotopic (exact) mass is 375 g/mol. The number of rotatable bonds is 5. The summed E-state index contributed by atoms with van der Waals surface area (Å²) in [7, 11) is 0. The van der Waals surface area contributed by atoms with Gasteiger partial charge in [0.05, 0.1) is 5.56 Å². The standard InChI is InChI=1S/C17H18BrN3O2/c18-16-14(6-3-9-19-16)17(22)21-11-12-7-8-15(20-10-12)23-13-4-1-2-5-13/h3,6-10,13H,1-2,4-5,11H2,(H,21,22). The van der Waals surface area contributed by atoms with Gasteiger partial charge in [-0.15, -0.1) is 0 Å². The first-order chi connectivity index (χ1) is 11.2. The molecule has 0 bridgehead atoms. The predicted molar refractivity (Wildman–Crippen MR) is 90.2 cm³/mol. The molecule has 23 heavy (non-hydrogen) atoms. The first-order valence-electron chi connectivity index (χ1n) is 7.72. The highest BCUT2D eigenvalue weighted by Crippen LogP contribution is 2.22. The van der Waals surface area contributed by atoms with E-state index in [4.69, 9.17) is 4.74 Å². The maximum Gasteiger partial charge on any atom is 0.254 e. The summed E-state index contributed by atoms with van der Waals surface area (Å²) in [4.78, 5) is 20.5. The molecule has 1 aliphatic carbocycles. The Labute approximate surface area is 143 Å². The van der Waals surface area contributed by atoms with E-state index < -0.39 is 0 Å². The van der Waals surface area contributed by atoms with E-state index in [9.17, 15) is 4.79 Å². The fraction of sp³-hybridized carbons (Fsp3) is 0.353. The maximum atomic E-state index is 12.1. The Hall–Kier alpha value is -1.95. The van der Waals surface area contributed by atoms with Crippen molar-refractivity contribution in [1.82, 2.24) is 15.3 Å². The minimum Gasteiger partial charge on any atom is -0.474 e. The minimum absolute atomic E-state index is 0.170. The van der Waals surface area contributed by atoms with E-state index in [1.165, 1.54) is 12.8 Å². The number of nitrogens with one attached hydrogen (secondary N) is 1. The number of ether oxygens (including phenoxy) is 1. The third-order valence-corrected chi connectivity index (χ3v) is 4.48. The molecule has 1 N–H and O–H groups in total. The van der Waals surface area contributed by atoms with Crippen molar-refractivity contribution in [2.75, 3.05) is 0 Å². The zero-order chi connectivity index (χ0) is 16.1.